The lowest BCUT2D eigenvalue weighted by Crippen LogP contribution is -2.30. The van der Waals surface area contributed by atoms with E-state index >= 15 is 0 Å². The number of nitrogens with one attached hydrogen (secondary N) is 1. The van der Waals surface area contributed by atoms with E-state index in [1.54, 1.807) is 12.1 Å². The molecule has 0 heterocycles. The average Bonchev–Trinajstić information content (AvgIpc) is 2.40. The Hall–Kier alpha value is -0.570. The minimum absolute atomic E-state index is 0.222. The summed E-state index contributed by atoms with van der Waals surface area (Å²) in [6.07, 6.45) is 0.497. The van der Waals surface area contributed by atoms with Crippen molar-refractivity contribution >= 4 is 38.5 Å². The summed E-state index contributed by atoms with van der Waals surface area (Å²) in [5, 5.41) is 0. The normalized spacial score (nSPS) is 12.4. The zero-order valence-corrected chi connectivity index (χ0v) is 14.1. The molecule has 0 aromatic heterocycles. The summed E-state index contributed by atoms with van der Waals surface area (Å²) in [4.78, 5) is 0. The highest BCUT2D eigenvalue weighted by Crippen LogP contribution is 2.27. The number of halogens is 4. The van der Waals surface area contributed by atoms with E-state index < -0.39 is 0 Å². The maximum absolute atomic E-state index is 13.3. The Morgan fingerprint density at radius 2 is 1.80 bits per heavy atom. The Morgan fingerprint density at radius 3 is 2.45 bits per heavy atom. The van der Waals surface area contributed by atoms with Gasteiger partial charge in [0.25, 0.3) is 0 Å². The number of hydrogen-bond donors (Lipinski definition) is 2. The van der Waals surface area contributed by atoms with Crippen LogP contribution < -0.4 is 11.3 Å². The van der Waals surface area contributed by atoms with Gasteiger partial charge in [-0.2, -0.15) is 0 Å². The summed E-state index contributed by atoms with van der Waals surface area (Å²) in [6, 6.07) is 8.82. The van der Waals surface area contributed by atoms with Crippen LogP contribution in [0.25, 0.3) is 0 Å². The largest absolute Gasteiger partial charge is 0.271 e. The van der Waals surface area contributed by atoms with E-state index in [0.717, 1.165) is 19.2 Å². The van der Waals surface area contributed by atoms with Gasteiger partial charge in [-0.25, -0.2) is 8.78 Å². The maximum atomic E-state index is 13.3. The lowest BCUT2D eigenvalue weighted by atomic mass is 9.99. The smallest absolute Gasteiger partial charge is 0.124 e. The summed E-state index contributed by atoms with van der Waals surface area (Å²) >= 11 is 5.45. The van der Waals surface area contributed by atoms with Crippen LogP contribution in [0.1, 0.15) is 17.2 Å². The number of hydrazine groups is 1. The van der Waals surface area contributed by atoms with E-state index in [4.69, 9.17) is 5.84 Å². The third-order valence-electron chi connectivity index (χ3n) is 2.97. The molecule has 1 unspecified atom stereocenters. The molecule has 0 aliphatic heterocycles. The molecule has 0 fully saturated rings. The molecule has 20 heavy (non-hydrogen) atoms. The van der Waals surface area contributed by atoms with Gasteiger partial charge in [0, 0.05) is 8.04 Å². The summed E-state index contributed by atoms with van der Waals surface area (Å²) < 4.78 is 28.0. The molecular formula is C14H12BrF2IN2. The van der Waals surface area contributed by atoms with Crippen LogP contribution >= 0.6 is 38.5 Å². The highest BCUT2D eigenvalue weighted by molar-refractivity contribution is 14.1. The maximum Gasteiger partial charge on any atom is 0.124 e. The highest BCUT2D eigenvalue weighted by atomic mass is 127. The average molecular weight is 453 g/mol. The molecule has 6 heteroatoms. The molecule has 0 radical (unpaired) electrons. The minimum atomic E-state index is -0.298. The molecular weight excluding hydrogens is 441 g/mol. The van der Waals surface area contributed by atoms with Crippen molar-refractivity contribution in [3.8, 4) is 0 Å². The molecule has 0 aliphatic rings. The molecule has 2 aromatic carbocycles. The predicted molar refractivity (Wildman–Crippen MR) is 87.0 cm³/mol. The Labute approximate surface area is 138 Å². The van der Waals surface area contributed by atoms with Crippen LogP contribution in [0.3, 0.4) is 0 Å². The van der Waals surface area contributed by atoms with E-state index in [9.17, 15) is 8.78 Å². The molecule has 0 bridgehead atoms. The quantitative estimate of drug-likeness (QED) is 0.416. The van der Waals surface area contributed by atoms with Gasteiger partial charge >= 0.3 is 0 Å². The molecule has 0 aliphatic carbocycles. The van der Waals surface area contributed by atoms with Crippen LogP contribution in [0.4, 0.5) is 8.78 Å². The zero-order chi connectivity index (χ0) is 14.7. The van der Waals surface area contributed by atoms with Crippen molar-refractivity contribution in [2.45, 2.75) is 12.5 Å². The Morgan fingerprint density at radius 1 is 1.15 bits per heavy atom. The van der Waals surface area contributed by atoms with Gasteiger partial charge in [0.05, 0.1) is 6.04 Å². The number of benzene rings is 2. The Kier molecular flexibility index (Phi) is 5.48. The third-order valence-corrected chi connectivity index (χ3v) is 4.68. The molecule has 2 rings (SSSR count). The molecule has 106 valence electrons. The lowest BCUT2D eigenvalue weighted by molar-refractivity contribution is 0.543. The lowest BCUT2D eigenvalue weighted by Gasteiger charge is -2.19. The van der Waals surface area contributed by atoms with Crippen molar-refractivity contribution in [2.75, 3.05) is 0 Å². The number of rotatable bonds is 4. The van der Waals surface area contributed by atoms with Crippen LogP contribution in [-0.4, -0.2) is 0 Å². The molecule has 1 atom stereocenters. The van der Waals surface area contributed by atoms with Gasteiger partial charge in [-0.1, -0.05) is 22.0 Å². The van der Waals surface area contributed by atoms with Crippen molar-refractivity contribution in [2.24, 2.45) is 5.84 Å². The first kappa shape index (κ1) is 15.8. The van der Waals surface area contributed by atoms with E-state index in [0.29, 0.717) is 6.42 Å². The van der Waals surface area contributed by atoms with Crippen LogP contribution in [0.2, 0.25) is 0 Å². The van der Waals surface area contributed by atoms with Crippen molar-refractivity contribution in [1.29, 1.82) is 0 Å². The second-order valence-corrected chi connectivity index (χ2v) is 6.34. The van der Waals surface area contributed by atoms with Crippen molar-refractivity contribution in [3.05, 3.63) is 67.2 Å². The summed E-state index contributed by atoms with van der Waals surface area (Å²) in [7, 11) is 0. The predicted octanol–water partition coefficient (Wildman–Crippen LogP) is 4.08. The van der Waals surface area contributed by atoms with Crippen molar-refractivity contribution in [1.82, 2.24) is 5.43 Å². The van der Waals surface area contributed by atoms with Gasteiger partial charge in [0.1, 0.15) is 11.6 Å². The van der Waals surface area contributed by atoms with Gasteiger partial charge in [0.15, 0.2) is 0 Å². The zero-order valence-electron chi connectivity index (χ0n) is 10.3. The highest BCUT2D eigenvalue weighted by Gasteiger charge is 2.16. The minimum Gasteiger partial charge on any atom is -0.271 e. The fourth-order valence-electron chi connectivity index (χ4n) is 1.96. The fraction of sp³-hybridized carbons (Fsp3) is 0.143. The topological polar surface area (TPSA) is 38.0 Å². The molecule has 0 saturated heterocycles. The van der Waals surface area contributed by atoms with Crippen LogP contribution in [0.15, 0.2) is 40.9 Å². The van der Waals surface area contributed by atoms with Crippen LogP contribution in [0, 0.1) is 15.2 Å². The first-order valence-electron chi connectivity index (χ1n) is 5.86. The molecule has 0 saturated carbocycles. The molecule has 0 spiro atoms. The molecule has 2 aromatic rings. The van der Waals surface area contributed by atoms with Crippen LogP contribution in [0.5, 0.6) is 0 Å². The Balaban J connectivity index is 2.31. The van der Waals surface area contributed by atoms with E-state index in [-0.39, 0.29) is 17.7 Å². The standard InChI is InChI=1S/C14H12BrF2IN2/c15-12-4-2-9(16)5-8(12)6-14(20-19)11-3-1-10(17)7-13(11)18/h1-5,7,14,20H,6,19H2. The Bertz CT molecular complexity index is 622. The van der Waals surface area contributed by atoms with E-state index in [1.165, 1.54) is 24.3 Å². The van der Waals surface area contributed by atoms with Gasteiger partial charge in [-0.05, 0) is 70.5 Å². The number of hydrogen-bond acceptors (Lipinski definition) is 2. The first-order valence-corrected chi connectivity index (χ1v) is 7.73. The van der Waals surface area contributed by atoms with Gasteiger partial charge < -0.3 is 0 Å². The van der Waals surface area contributed by atoms with Gasteiger partial charge in [0.2, 0.25) is 0 Å². The monoisotopic (exact) mass is 452 g/mol. The van der Waals surface area contributed by atoms with E-state index in [2.05, 4.69) is 43.9 Å². The fourth-order valence-corrected chi connectivity index (χ4v) is 3.22. The van der Waals surface area contributed by atoms with E-state index in [1.807, 2.05) is 0 Å². The SMILES string of the molecule is NNC(Cc1cc(F)ccc1Br)c1ccc(F)cc1I. The van der Waals surface area contributed by atoms with Crippen molar-refractivity contribution < 1.29 is 8.78 Å². The second-order valence-electron chi connectivity index (χ2n) is 4.32. The first-order chi connectivity index (χ1) is 9.51. The molecule has 2 nitrogen and oxygen atoms in total. The second kappa shape index (κ2) is 6.93. The number of nitrogens with two attached hydrogens (primary N) is 1. The summed E-state index contributed by atoms with van der Waals surface area (Å²) in [6.45, 7) is 0. The van der Waals surface area contributed by atoms with Gasteiger partial charge in [-0.15, -0.1) is 0 Å². The molecule has 3 N–H and O–H groups in total. The van der Waals surface area contributed by atoms with Gasteiger partial charge in [-0.3, -0.25) is 11.3 Å². The van der Waals surface area contributed by atoms with Crippen molar-refractivity contribution in [3.63, 3.8) is 0 Å². The summed E-state index contributed by atoms with van der Waals surface area (Å²) in [5.41, 5.74) is 4.38. The third kappa shape index (κ3) is 3.75. The summed E-state index contributed by atoms with van der Waals surface area (Å²) in [5.74, 6) is 5.00. The van der Waals surface area contributed by atoms with Crippen LogP contribution in [-0.2, 0) is 6.42 Å². The molecule has 0 amide bonds.